The first kappa shape index (κ1) is 14.9. The Kier molecular flexibility index (Phi) is 5.08. The van der Waals surface area contributed by atoms with Gasteiger partial charge in [-0.3, -0.25) is 0 Å². The van der Waals surface area contributed by atoms with Crippen molar-refractivity contribution in [1.29, 1.82) is 0 Å². The summed E-state index contributed by atoms with van der Waals surface area (Å²) in [4.78, 5) is 8.52. The first-order valence-electron chi connectivity index (χ1n) is 6.07. The molecule has 0 spiro atoms. The van der Waals surface area contributed by atoms with Gasteiger partial charge in [0, 0.05) is 0 Å². The first-order valence-corrected chi connectivity index (χ1v) is 6.92. The van der Waals surface area contributed by atoms with Gasteiger partial charge in [0.1, 0.15) is 0 Å². The van der Waals surface area contributed by atoms with E-state index in [4.69, 9.17) is 15.2 Å². The minimum atomic E-state index is 0.382. The van der Waals surface area contributed by atoms with Crippen molar-refractivity contribution in [3.05, 3.63) is 18.1 Å². The molecule has 0 aliphatic rings. The molecule has 0 aliphatic heterocycles. The molecule has 2 rings (SSSR count). The third kappa shape index (κ3) is 2.99. The summed E-state index contributed by atoms with van der Waals surface area (Å²) in [5.74, 6) is 0.735. The molecule has 20 heavy (non-hydrogen) atoms. The molecule has 0 unspecified atom stereocenters. The number of nitrogens with one attached hydrogen (secondary N) is 1. The van der Waals surface area contributed by atoms with Crippen molar-refractivity contribution in [3.63, 3.8) is 0 Å². The van der Waals surface area contributed by atoms with Crippen molar-refractivity contribution in [1.82, 2.24) is 14.5 Å². The standard InChI is InChI=1S/C12H17N5O2Se/c1-14-11-9-8(10(13)20)5-17(7-19-4-3-18-2)12(9)16-6-15-11/h5-6H,3-4,7H2,1-2H3,(H2,13,20)(H,14,15,16). The zero-order valence-corrected chi connectivity index (χ0v) is 13.1. The second-order valence-corrected chi connectivity index (χ2v) is 5.00. The van der Waals surface area contributed by atoms with Crippen molar-refractivity contribution in [2.45, 2.75) is 6.73 Å². The van der Waals surface area contributed by atoms with E-state index in [1.807, 2.05) is 17.8 Å². The molecule has 3 N–H and O–H groups in total. The van der Waals surface area contributed by atoms with Crippen LogP contribution in [0.5, 0.6) is 0 Å². The van der Waals surface area contributed by atoms with Gasteiger partial charge in [-0.25, -0.2) is 0 Å². The van der Waals surface area contributed by atoms with Crippen LogP contribution >= 0.6 is 0 Å². The number of fused-ring (bicyclic) bond motifs is 1. The van der Waals surface area contributed by atoms with Crippen LogP contribution in [-0.4, -0.2) is 62.0 Å². The average Bonchev–Trinajstić information content (AvgIpc) is 2.83. The van der Waals surface area contributed by atoms with Crippen LogP contribution in [-0.2, 0) is 16.2 Å². The summed E-state index contributed by atoms with van der Waals surface area (Å²) < 4.78 is 13.0. The number of nitrogens with zero attached hydrogens (tertiary/aromatic N) is 3. The molecule has 0 fully saturated rings. The molecule has 0 aliphatic carbocycles. The van der Waals surface area contributed by atoms with Crippen LogP contribution in [0.2, 0.25) is 0 Å². The average molecular weight is 342 g/mol. The molecule has 0 atom stereocenters. The second-order valence-electron chi connectivity index (χ2n) is 4.08. The van der Waals surface area contributed by atoms with E-state index in [2.05, 4.69) is 30.9 Å². The summed E-state index contributed by atoms with van der Waals surface area (Å²) in [5, 5.41) is 3.92. The van der Waals surface area contributed by atoms with E-state index < -0.39 is 0 Å². The number of hydrogen-bond donors (Lipinski definition) is 2. The molecule has 0 saturated heterocycles. The Labute approximate surface area is 124 Å². The van der Waals surface area contributed by atoms with Crippen molar-refractivity contribution in [3.8, 4) is 0 Å². The third-order valence-electron chi connectivity index (χ3n) is 2.82. The molecule has 2 aromatic heterocycles. The number of ether oxygens (including phenoxy) is 2. The van der Waals surface area contributed by atoms with Crippen LogP contribution in [0.15, 0.2) is 12.5 Å². The minimum absolute atomic E-state index is 0.382. The monoisotopic (exact) mass is 343 g/mol. The molecule has 0 bridgehead atoms. The zero-order valence-electron chi connectivity index (χ0n) is 11.4. The van der Waals surface area contributed by atoms with Gasteiger partial charge in [-0.2, -0.15) is 0 Å². The van der Waals surface area contributed by atoms with E-state index in [0.29, 0.717) is 24.5 Å². The predicted molar refractivity (Wildman–Crippen MR) is 79.0 cm³/mol. The molecule has 8 heteroatoms. The van der Waals surface area contributed by atoms with Crippen molar-refractivity contribution >= 4 is 37.0 Å². The van der Waals surface area contributed by atoms with E-state index in [1.165, 1.54) is 6.33 Å². The summed E-state index contributed by atoms with van der Waals surface area (Å²) in [6, 6.07) is 0. The van der Waals surface area contributed by atoms with Gasteiger partial charge in [0.2, 0.25) is 0 Å². The van der Waals surface area contributed by atoms with Gasteiger partial charge >= 0.3 is 124 Å². The van der Waals surface area contributed by atoms with Gasteiger partial charge in [0.05, 0.1) is 0 Å². The Bertz CT molecular complexity index is 613. The number of methoxy groups -OCH3 is 1. The summed E-state index contributed by atoms with van der Waals surface area (Å²) in [7, 11) is 3.45. The van der Waals surface area contributed by atoms with E-state index in [1.54, 1.807) is 7.11 Å². The fourth-order valence-corrected chi connectivity index (χ4v) is 2.23. The quantitative estimate of drug-likeness (QED) is 0.531. The van der Waals surface area contributed by atoms with Crippen molar-refractivity contribution < 1.29 is 9.47 Å². The molecular weight excluding hydrogens is 325 g/mol. The van der Waals surface area contributed by atoms with E-state index in [0.717, 1.165) is 22.4 Å². The topological polar surface area (TPSA) is 87.2 Å². The Balaban J connectivity index is 2.38. The van der Waals surface area contributed by atoms with Gasteiger partial charge in [0.25, 0.3) is 0 Å². The molecule has 0 aromatic carbocycles. The summed E-state index contributed by atoms with van der Waals surface area (Å²) >= 11 is 2.83. The Morgan fingerprint density at radius 2 is 2.25 bits per heavy atom. The van der Waals surface area contributed by atoms with Crippen LogP contribution in [0.1, 0.15) is 5.56 Å². The number of aromatic nitrogens is 3. The van der Waals surface area contributed by atoms with Crippen LogP contribution in [0.25, 0.3) is 11.0 Å². The normalized spacial score (nSPS) is 10.9. The van der Waals surface area contributed by atoms with Gasteiger partial charge < -0.3 is 0 Å². The fourth-order valence-electron chi connectivity index (χ4n) is 1.90. The summed E-state index contributed by atoms with van der Waals surface area (Å²) in [5.41, 5.74) is 7.53. The number of anilines is 1. The molecule has 2 aromatic rings. The van der Waals surface area contributed by atoms with Crippen molar-refractivity contribution in [2.75, 3.05) is 32.7 Å². The molecule has 108 valence electrons. The predicted octanol–water partition coefficient (Wildman–Crippen LogP) is -0.301. The maximum atomic E-state index is 5.90. The van der Waals surface area contributed by atoms with Crippen LogP contribution in [0.4, 0.5) is 5.82 Å². The number of hydrogen-bond acceptors (Lipinski definition) is 6. The molecule has 7 nitrogen and oxygen atoms in total. The van der Waals surface area contributed by atoms with Gasteiger partial charge in [0.15, 0.2) is 0 Å². The van der Waals surface area contributed by atoms with Crippen LogP contribution < -0.4 is 11.1 Å². The molecule has 2 heterocycles. The van der Waals surface area contributed by atoms with Gasteiger partial charge in [-0.1, -0.05) is 0 Å². The molecule has 0 amide bonds. The Morgan fingerprint density at radius 3 is 2.90 bits per heavy atom. The van der Waals surface area contributed by atoms with Crippen molar-refractivity contribution in [2.24, 2.45) is 5.73 Å². The molecular formula is C12H17N5O2Se. The van der Waals surface area contributed by atoms with Gasteiger partial charge in [-0.15, -0.1) is 0 Å². The van der Waals surface area contributed by atoms with Crippen LogP contribution in [0, 0.1) is 0 Å². The second kappa shape index (κ2) is 6.81. The fraction of sp³-hybridized carbons (Fsp3) is 0.417. The third-order valence-corrected chi connectivity index (χ3v) is 3.28. The van der Waals surface area contributed by atoms with E-state index >= 15 is 0 Å². The number of nitrogens with two attached hydrogens (primary N) is 1. The van der Waals surface area contributed by atoms with Crippen LogP contribution in [0.3, 0.4) is 0 Å². The number of rotatable bonds is 7. The molecule has 0 radical (unpaired) electrons. The zero-order chi connectivity index (χ0) is 14.5. The Hall–Kier alpha value is -1.47. The SMILES string of the molecule is CNc1ncnc2c1c(C(N)=[Se])cn2COCCOC. The summed E-state index contributed by atoms with van der Waals surface area (Å²) in [6.07, 6.45) is 3.41. The van der Waals surface area contributed by atoms with E-state index in [-0.39, 0.29) is 0 Å². The first-order chi connectivity index (χ1) is 9.69. The van der Waals surface area contributed by atoms with E-state index in [9.17, 15) is 0 Å². The summed E-state index contributed by atoms with van der Waals surface area (Å²) in [6.45, 7) is 1.46. The van der Waals surface area contributed by atoms with Gasteiger partial charge in [-0.05, 0) is 0 Å². The molecule has 0 saturated carbocycles. The Morgan fingerprint density at radius 1 is 1.45 bits per heavy atom. The maximum absolute atomic E-state index is 5.90.